The topological polar surface area (TPSA) is 89.8 Å². The molecule has 1 aliphatic rings. The molecule has 2 aromatic carbocycles. The third-order valence-corrected chi connectivity index (χ3v) is 7.82. The molecule has 10 heteroatoms. The van der Waals surface area contributed by atoms with E-state index >= 15 is 0 Å². The van der Waals surface area contributed by atoms with Crippen LogP contribution in [0.1, 0.15) is 10.9 Å². The highest BCUT2D eigenvalue weighted by Gasteiger charge is 2.37. The highest BCUT2D eigenvalue weighted by atomic mass is 79.9. The highest BCUT2D eigenvalue weighted by molar-refractivity contribution is 9.10. The van der Waals surface area contributed by atoms with Crippen LogP contribution in [0.3, 0.4) is 0 Å². The molecule has 2 aromatic rings. The molecule has 1 aliphatic heterocycles. The summed E-state index contributed by atoms with van der Waals surface area (Å²) in [7, 11) is -2.30. The zero-order valence-electron chi connectivity index (χ0n) is 13.7. The van der Waals surface area contributed by atoms with Crippen molar-refractivity contribution < 1.29 is 18.1 Å². The quantitative estimate of drug-likeness (QED) is 0.499. The van der Waals surface area contributed by atoms with E-state index in [0.29, 0.717) is 18.0 Å². The van der Waals surface area contributed by atoms with E-state index in [1.807, 2.05) is 12.1 Å². The van der Waals surface area contributed by atoms with Gasteiger partial charge in [-0.2, -0.15) is 4.31 Å². The second kappa shape index (κ2) is 7.55. The monoisotopic (exact) mass is 458 g/mol. The highest BCUT2D eigenvalue weighted by Crippen LogP contribution is 2.43. The minimum Gasteiger partial charge on any atom is -0.496 e. The smallest absolute Gasteiger partial charge is 0.270 e. The van der Waals surface area contributed by atoms with Crippen LogP contribution >= 0.6 is 27.7 Å². The number of thioether (sulfide) groups is 1. The van der Waals surface area contributed by atoms with Gasteiger partial charge < -0.3 is 4.74 Å². The van der Waals surface area contributed by atoms with E-state index in [1.54, 1.807) is 13.2 Å². The number of non-ortho nitro benzene ring substituents is 1. The van der Waals surface area contributed by atoms with Crippen LogP contribution in [0.25, 0.3) is 0 Å². The SMILES string of the molecule is COc1ccc([C@H]2SCCN2S(=O)(=O)c2cccc([N+](=O)[O-])c2)cc1Br. The maximum atomic E-state index is 13.1. The molecule has 0 saturated carbocycles. The van der Waals surface area contributed by atoms with Gasteiger partial charge >= 0.3 is 0 Å². The van der Waals surface area contributed by atoms with Crippen LogP contribution in [-0.4, -0.2) is 37.1 Å². The number of nitrogens with zero attached hydrogens (tertiary/aromatic N) is 2. The van der Waals surface area contributed by atoms with Crippen LogP contribution in [0.5, 0.6) is 5.75 Å². The van der Waals surface area contributed by atoms with Crippen molar-refractivity contribution in [2.75, 3.05) is 19.4 Å². The van der Waals surface area contributed by atoms with E-state index in [0.717, 1.165) is 16.1 Å². The second-order valence-corrected chi connectivity index (χ2v) is 9.42. The van der Waals surface area contributed by atoms with Gasteiger partial charge in [0.05, 0.1) is 26.8 Å². The predicted molar refractivity (Wildman–Crippen MR) is 103 cm³/mol. The summed E-state index contributed by atoms with van der Waals surface area (Å²) in [6, 6.07) is 10.6. The van der Waals surface area contributed by atoms with Gasteiger partial charge in [0.2, 0.25) is 10.0 Å². The third-order valence-electron chi connectivity index (χ3n) is 3.94. The maximum Gasteiger partial charge on any atom is 0.270 e. The number of ether oxygens (including phenoxy) is 1. The van der Waals surface area contributed by atoms with Crippen molar-refractivity contribution in [1.82, 2.24) is 4.31 Å². The number of nitro groups is 1. The van der Waals surface area contributed by atoms with Crippen molar-refractivity contribution in [2.24, 2.45) is 0 Å². The lowest BCUT2D eigenvalue weighted by Gasteiger charge is -2.24. The first-order chi connectivity index (χ1) is 12.3. The third kappa shape index (κ3) is 3.59. The summed E-state index contributed by atoms with van der Waals surface area (Å²) < 4.78 is 33.4. The van der Waals surface area contributed by atoms with E-state index in [9.17, 15) is 18.5 Å². The standard InChI is InChI=1S/C16H15BrN2O5S2/c1-24-15-6-5-11(9-14(15)17)16-18(7-8-25-16)26(22,23)13-4-2-3-12(10-13)19(20)21/h2-6,9-10,16H,7-8H2,1H3/t16-/m1/s1. The minimum atomic E-state index is -3.86. The predicted octanol–water partition coefficient (Wildman–Crippen LogP) is 3.80. The van der Waals surface area contributed by atoms with Gasteiger partial charge in [0.1, 0.15) is 5.75 Å². The van der Waals surface area contributed by atoms with Crippen molar-refractivity contribution in [2.45, 2.75) is 10.3 Å². The van der Waals surface area contributed by atoms with E-state index in [4.69, 9.17) is 4.74 Å². The number of hydrogen-bond acceptors (Lipinski definition) is 6. The molecule has 1 atom stereocenters. The summed E-state index contributed by atoms with van der Waals surface area (Å²) in [5.41, 5.74) is 0.566. The fraction of sp³-hybridized carbons (Fsp3) is 0.250. The van der Waals surface area contributed by atoms with Crippen LogP contribution in [0.15, 0.2) is 51.8 Å². The molecule has 0 amide bonds. The molecule has 1 heterocycles. The van der Waals surface area contributed by atoms with Crippen molar-refractivity contribution in [3.63, 3.8) is 0 Å². The van der Waals surface area contributed by atoms with Gasteiger partial charge in [-0.3, -0.25) is 10.1 Å². The van der Waals surface area contributed by atoms with E-state index in [2.05, 4.69) is 15.9 Å². The summed E-state index contributed by atoms with van der Waals surface area (Å²) in [5, 5.41) is 10.6. The Labute approximate surface area is 163 Å². The second-order valence-electron chi connectivity index (χ2n) is 5.49. The first-order valence-electron chi connectivity index (χ1n) is 7.56. The Morgan fingerprint density at radius 3 is 2.73 bits per heavy atom. The number of hydrogen-bond donors (Lipinski definition) is 0. The number of nitro benzene ring substituents is 1. The van der Waals surface area contributed by atoms with E-state index < -0.39 is 20.3 Å². The molecule has 0 aromatic heterocycles. The Hall–Kier alpha value is -1.62. The fourth-order valence-electron chi connectivity index (χ4n) is 2.69. The summed E-state index contributed by atoms with van der Waals surface area (Å²) in [6.07, 6.45) is 0. The lowest BCUT2D eigenvalue weighted by molar-refractivity contribution is -0.385. The van der Waals surface area contributed by atoms with E-state index in [-0.39, 0.29) is 10.6 Å². The van der Waals surface area contributed by atoms with E-state index in [1.165, 1.54) is 34.3 Å². The first kappa shape index (κ1) is 19.2. The summed E-state index contributed by atoms with van der Waals surface area (Å²) in [4.78, 5) is 10.3. The van der Waals surface area contributed by atoms with Crippen molar-refractivity contribution in [3.05, 3.63) is 62.6 Å². The average molecular weight is 459 g/mol. The van der Waals surface area contributed by atoms with Crippen LogP contribution < -0.4 is 4.74 Å². The Morgan fingerprint density at radius 2 is 2.08 bits per heavy atom. The number of sulfonamides is 1. The number of methoxy groups -OCH3 is 1. The molecule has 0 N–H and O–H groups in total. The van der Waals surface area contributed by atoms with Gasteiger partial charge in [0.15, 0.2) is 0 Å². The summed E-state index contributed by atoms with van der Waals surface area (Å²) in [6.45, 7) is 0.337. The maximum absolute atomic E-state index is 13.1. The summed E-state index contributed by atoms with van der Waals surface area (Å²) in [5.74, 6) is 1.30. The van der Waals surface area contributed by atoms with Gasteiger partial charge in [0, 0.05) is 24.4 Å². The largest absolute Gasteiger partial charge is 0.496 e. The molecule has 0 unspecified atom stereocenters. The molecule has 0 radical (unpaired) electrons. The Balaban J connectivity index is 1.98. The summed E-state index contributed by atoms with van der Waals surface area (Å²) >= 11 is 4.93. The van der Waals surface area contributed by atoms with Gasteiger partial charge in [0.25, 0.3) is 5.69 Å². The molecule has 7 nitrogen and oxygen atoms in total. The van der Waals surface area contributed by atoms with Crippen molar-refractivity contribution >= 4 is 43.4 Å². The molecule has 0 bridgehead atoms. The zero-order valence-corrected chi connectivity index (χ0v) is 16.9. The van der Waals surface area contributed by atoms with Crippen LogP contribution in [-0.2, 0) is 10.0 Å². The molecule has 0 spiro atoms. The lowest BCUT2D eigenvalue weighted by atomic mass is 10.2. The normalized spacial score (nSPS) is 18.0. The van der Waals surface area contributed by atoms with Crippen LogP contribution in [0, 0.1) is 10.1 Å². The Bertz CT molecular complexity index is 951. The molecule has 1 saturated heterocycles. The molecular formula is C16H15BrN2O5S2. The zero-order chi connectivity index (χ0) is 18.9. The number of benzene rings is 2. The number of rotatable bonds is 5. The lowest BCUT2D eigenvalue weighted by Crippen LogP contribution is -2.30. The van der Waals surface area contributed by atoms with Gasteiger partial charge in [-0.1, -0.05) is 12.1 Å². The van der Waals surface area contributed by atoms with Gasteiger partial charge in [-0.05, 0) is 39.7 Å². The molecule has 1 fully saturated rings. The first-order valence-corrected chi connectivity index (χ1v) is 10.8. The van der Waals surface area contributed by atoms with Crippen LogP contribution in [0.2, 0.25) is 0 Å². The molecule has 0 aliphatic carbocycles. The van der Waals surface area contributed by atoms with Gasteiger partial charge in [-0.25, -0.2) is 8.42 Å². The molecule has 138 valence electrons. The Kier molecular flexibility index (Phi) is 5.56. The molecule has 26 heavy (non-hydrogen) atoms. The Morgan fingerprint density at radius 1 is 1.31 bits per heavy atom. The minimum absolute atomic E-state index is 0.0771. The van der Waals surface area contributed by atoms with Gasteiger partial charge in [-0.15, -0.1) is 11.8 Å². The molecule has 3 rings (SSSR count). The average Bonchev–Trinajstić information content (AvgIpc) is 3.12. The van der Waals surface area contributed by atoms with Crippen molar-refractivity contribution in [3.8, 4) is 5.75 Å². The van der Waals surface area contributed by atoms with Crippen molar-refractivity contribution in [1.29, 1.82) is 0 Å². The fourth-order valence-corrected chi connectivity index (χ4v) is 6.52. The number of halogens is 1. The van der Waals surface area contributed by atoms with Crippen LogP contribution in [0.4, 0.5) is 5.69 Å². The molecular weight excluding hydrogens is 444 g/mol.